The van der Waals surface area contributed by atoms with Crippen LogP contribution in [0.25, 0.3) is 0 Å². The molecule has 0 aromatic heterocycles. The van der Waals surface area contributed by atoms with E-state index in [1.165, 1.54) is 31.3 Å². The first-order valence-corrected chi connectivity index (χ1v) is 7.04. The molecule has 96 valence electrons. The molecule has 0 saturated carbocycles. The molecule has 0 saturated heterocycles. The largest absolute Gasteiger partial charge is 0.0993 e. The average Bonchev–Trinajstić information content (AvgIpc) is 2.15. The van der Waals surface area contributed by atoms with E-state index in [-0.39, 0.29) is 0 Å². The lowest BCUT2D eigenvalue weighted by Crippen LogP contribution is -2.14. The van der Waals surface area contributed by atoms with Gasteiger partial charge in [-0.3, -0.25) is 0 Å². The number of rotatable bonds is 8. The highest BCUT2D eigenvalue weighted by molar-refractivity contribution is 5.04. The SMILES string of the molecule is C=C(C(C)C)C(CCCCC(C)C)C(C)C. The minimum Gasteiger partial charge on any atom is -0.0993 e. The summed E-state index contributed by atoms with van der Waals surface area (Å²) in [6.45, 7) is 18.1. The second-order valence-electron chi connectivity index (χ2n) is 6.26. The minimum absolute atomic E-state index is 0.637. The third-order valence-corrected chi connectivity index (χ3v) is 3.57. The van der Waals surface area contributed by atoms with Gasteiger partial charge in [-0.25, -0.2) is 0 Å². The molecule has 0 aromatic carbocycles. The van der Waals surface area contributed by atoms with Gasteiger partial charge in [0.15, 0.2) is 0 Å². The molecule has 0 aliphatic rings. The second-order valence-corrected chi connectivity index (χ2v) is 6.26. The Morgan fingerprint density at radius 1 is 0.875 bits per heavy atom. The Kier molecular flexibility index (Phi) is 7.80. The zero-order valence-electron chi connectivity index (χ0n) is 12.3. The Morgan fingerprint density at radius 3 is 1.75 bits per heavy atom. The van der Waals surface area contributed by atoms with Crippen molar-refractivity contribution in [2.24, 2.45) is 23.7 Å². The Hall–Kier alpha value is -0.260. The van der Waals surface area contributed by atoms with Crippen LogP contribution in [0.2, 0.25) is 0 Å². The van der Waals surface area contributed by atoms with Crippen molar-refractivity contribution in [3.63, 3.8) is 0 Å². The molecule has 0 aliphatic heterocycles. The summed E-state index contributed by atoms with van der Waals surface area (Å²) >= 11 is 0. The number of hydrogen-bond acceptors (Lipinski definition) is 0. The molecule has 0 rings (SSSR count). The van der Waals surface area contributed by atoms with Crippen molar-refractivity contribution in [2.75, 3.05) is 0 Å². The molecule has 0 bridgehead atoms. The van der Waals surface area contributed by atoms with Crippen LogP contribution < -0.4 is 0 Å². The molecule has 16 heavy (non-hydrogen) atoms. The Labute approximate surface area is 104 Å². The predicted molar refractivity (Wildman–Crippen MR) is 75.6 cm³/mol. The molecular formula is C16H32. The molecule has 0 spiro atoms. The van der Waals surface area contributed by atoms with E-state index in [2.05, 4.69) is 48.1 Å². The van der Waals surface area contributed by atoms with E-state index in [0.717, 1.165) is 17.8 Å². The van der Waals surface area contributed by atoms with Crippen LogP contribution in [0.3, 0.4) is 0 Å². The standard InChI is InChI=1S/C16H32/c1-12(2)10-8-9-11-16(14(5)6)15(7)13(3)4/h12-14,16H,7-11H2,1-6H3. The lowest BCUT2D eigenvalue weighted by molar-refractivity contribution is 0.368. The summed E-state index contributed by atoms with van der Waals surface area (Å²) in [6.07, 6.45) is 5.46. The summed E-state index contributed by atoms with van der Waals surface area (Å²) in [4.78, 5) is 0. The number of unbranched alkanes of at least 4 members (excludes halogenated alkanes) is 1. The first-order valence-electron chi connectivity index (χ1n) is 7.04. The van der Waals surface area contributed by atoms with Crippen molar-refractivity contribution in [1.29, 1.82) is 0 Å². The third kappa shape index (κ3) is 6.35. The topological polar surface area (TPSA) is 0 Å². The minimum atomic E-state index is 0.637. The second kappa shape index (κ2) is 7.92. The molecule has 0 radical (unpaired) electrons. The monoisotopic (exact) mass is 224 g/mol. The van der Waals surface area contributed by atoms with Gasteiger partial charge in [-0.2, -0.15) is 0 Å². The summed E-state index contributed by atoms with van der Waals surface area (Å²) in [6, 6.07) is 0. The first-order chi connectivity index (χ1) is 7.36. The summed E-state index contributed by atoms with van der Waals surface area (Å²) in [5, 5.41) is 0. The van der Waals surface area contributed by atoms with Gasteiger partial charge in [-0.1, -0.05) is 73.0 Å². The van der Waals surface area contributed by atoms with Gasteiger partial charge in [0.2, 0.25) is 0 Å². The van der Waals surface area contributed by atoms with E-state index in [1.54, 1.807) is 0 Å². The molecule has 0 nitrogen and oxygen atoms in total. The van der Waals surface area contributed by atoms with Crippen LogP contribution in [0.1, 0.15) is 67.2 Å². The van der Waals surface area contributed by atoms with Crippen molar-refractivity contribution in [3.8, 4) is 0 Å². The first kappa shape index (κ1) is 15.7. The highest BCUT2D eigenvalue weighted by atomic mass is 14.2. The van der Waals surface area contributed by atoms with Gasteiger partial charge in [0.05, 0.1) is 0 Å². The van der Waals surface area contributed by atoms with Gasteiger partial charge >= 0.3 is 0 Å². The van der Waals surface area contributed by atoms with Crippen molar-refractivity contribution < 1.29 is 0 Å². The molecule has 1 atom stereocenters. The molecule has 0 heteroatoms. The highest BCUT2D eigenvalue weighted by Crippen LogP contribution is 2.30. The van der Waals surface area contributed by atoms with Crippen LogP contribution >= 0.6 is 0 Å². The van der Waals surface area contributed by atoms with Crippen molar-refractivity contribution in [2.45, 2.75) is 67.2 Å². The van der Waals surface area contributed by atoms with E-state index in [0.29, 0.717) is 5.92 Å². The fourth-order valence-corrected chi connectivity index (χ4v) is 2.29. The number of allylic oxidation sites excluding steroid dienone is 1. The van der Waals surface area contributed by atoms with Gasteiger partial charge in [0, 0.05) is 0 Å². The number of hydrogen-bond donors (Lipinski definition) is 0. The predicted octanol–water partition coefficient (Wildman–Crippen LogP) is 5.69. The molecule has 1 unspecified atom stereocenters. The van der Waals surface area contributed by atoms with E-state index < -0.39 is 0 Å². The van der Waals surface area contributed by atoms with Crippen LogP contribution in [0.5, 0.6) is 0 Å². The van der Waals surface area contributed by atoms with Crippen LogP contribution in [0.4, 0.5) is 0 Å². The summed E-state index contributed by atoms with van der Waals surface area (Å²) in [7, 11) is 0. The lowest BCUT2D eigenvalue weighted by atomic mass is 9.80. The zero-order valence-corrected chi connectivity index (χ0v) is 12.3. The fourth-order valence-electron chi connectivity index (χ4n) is 2.29. The summed E-state index contributed by atoms with van der Waals surface area (Å²) in [5.74, 6) is 2.96. The Bertz CT molecular complexity index is 186. The van der Waals surface area contributed by atoms with Gasteiger partial charge in [0.25, 0.3) is 0 Å². The van der Waals surface area contributed by atoms with Crippen LogP contribution in [0.15, 0.2) is 12.2 Å². The van der Waals surface area contributed by atoms with Crippen LogP contribution in [-0.4, -0.2) is 0 Å². The van der Waals surface area contributed by atoms with Gasteiger partial charge in [-0.15, -0.1) is 0 Å². The maximum atomic E-state index is 4.29. The van der Waals surface area contributed by atoms with Crippen LogP contribution in [0, 0.1) is 23.7 Å². The van der Waals surface area contributed by atoms with Gasteiger partial charge in [0.1, 0.15) is 0 Å². The van der Waals surface area contributed by atoms with E-state index in [1.807, 2.05) is 0 Å². The van der Waals surface area contributed by atoms with Crippen molar-refractivity contribution >= 4 is 0 Å². The molecule has 0 aliphatic carbocycles. The fraction of sp³-hybridized carbons (Fsp3) is 0.875. The maximum absolute atomic E-state index is 4.29. The average molecular weight is 224 g/mol. The molecule has 0 heterocycles. The quantitative estimate of drug-likeness (QED) is 0.367. The van der Waals surface area contributed by atoms with E-state index in [4.69, 9.17) is 0 Å². The molecular weight excluding hydrogens is 192 g/mol. The van der Waals surface area contributed by atoms with Crippen molar-refractivity contribution in [3.05, 3.63) is 12.2 Å². The molecule has 0 N–H and O–H groups in total. The van der Waals surface area contributed by atoms with Gasteiger partial charge in [-0.05, 0) is 30.1 Å². The molecule has 0 fully saturated rings. The molecule has 0 aromatic rings. The summed E-state index contributed by atoms with van der Waals surface area (Å²) in [5.41, 5.74) is 1.46. The maximum Gasteiger partial charge on any atom is -0.0180 e. The Balaban J connectivity index is 4.01. The smallest absolute Gasteiger partial charge is 0.0180 e. The van der Waals surface area contributed by atoms with E-state index in [9.17, 15) is 0 Å². The molecule has 0 amide bonds. The normalized spacial score (nSPS) is 13.8. The highest BCUT2D eigenvalue weighted by Gasteiger charge is 2.18. The third-order valence-electron chi connectivity index (χ3n) is 3.57. The summed E-state index contributed by atoms with van der Waals surface area (Å²) < 4.78 is 0. The van der Waals surface area contributed by atoms with Crippen molar-refractivity contribution in [1.82, 2.24) is 0 Å². The zero-order chi connectivity index (χ0) is 12.7. The van der Waals surface area contributed by atoms with Crippen LogP contribution in [-0.2, 0) is 0 Å². The van der Waals surface area contributed by atoms with E-state index >= 15 is 0 Å². The van der Waals surface area contributed by atoms with Gasteiger partial charge < -0.3 is 0 Å². The Morgan fingerprint density at radius 2 is 1.38 bits per heavy atom. The lowest BCUT2D eigenvalue weighted by Gasteiger charge is -2.26.